The third kappa shape index (κ3) is 3.07. The Bertz CT molecular complexity index is 789. The van der Waals surface area contributed by atoms with E-state index in [0.29, 0.717) is 11.5 Å². The first-order valence-corrected chi connectivity index (χ1v) is 7.36. The first-order valence-electron chi connectivity index (χ1n) is 6.54. The van der Waals surface area contributed by atoms with Gasteiger partial charge in [-0.3, -0.25) is 14.5 Å². The number of ether oxygens (including phenoxy) is 1. The van der Waals surface area contributed by atoms with Crippen LogP contribution in [0.2, 0.25) is 0 Å². The van der Waals surface area contributed by atoms with E-state index in [4.69, 9.17) is 8.83 Å². The summed E-state index contributed by atoms with van der Waals surface area (Å²) in [7, 11) is 1.24. The third-order valence-corrected chi connectivity index (χ3v) is 3.96. The van der Waals surface area contributed by atoms with Crippen LogP contribution in [0.5, 0.6) is 0 Å². The SMILES string of the molecule is COC(=O)c1ccc(CN2C(=O)S/C(=C/c3ccco3)C2=O)o1. The number of carbonyl (C=O) groups is 3. The van der Waals surface area contributed by atoms with E-state index in [-0.39, 0.29) is 17.2 Å². The zero-order chi connectivity index (χ0) is 16.4. The second kappa shape index (κ2) is 6.17. The van der Waals surface area contributed by atoms with Gasteiger partial charge in [0.15, 0.2) is 0 Å². The number of methoxy groups -OCH3 is 1. The molecule has 0 unspecified atom stereocenters. The van der Waals surface area contributed by atoms with Crippen molar-refractivity contribution in [2.24, 2.45) is 0 Å². The van der Waals surface area contributed by atoms with Crippen LogP contribution < -0.4 is 0 Å². The van der Waals surface area contributed by atoms with E-state index in [9.17, 15) is 14.4 Å². The van der Waals surface area contributed by atoms with Crippen LogP contribution in [0.15, 0.2) is 44.3 Å². The van der Waals surface area contributed by atoms with Crippen molar-refractivity contribution in [3.63, 3.8) is 0 Å². The van der Waals surface area contributed by atoms with Crippen LogP contribution in [0.25, 0.3) is 6.08 Å². The highest BCUT2D eigenvalue weighted by Gasteiger charge is 2.36. The molecule has 8 heteroatoms. The van der Waals surface area contributed by atoms with Gasteiger partial charge >= 0.3 is 5.97 Å². The Balaban J connectivity index is 1.76. The Labute approximate surface area is 134 Å². The molecule has 0 spiro atoms. The molecule has 2 aromatic heterocycles. The predicted molar refractivity (Wildman–Crippen MR) is 80.3 cm³/mol. The maximum Gasteiger partial charge on any atom is 0.373 e. The maximum absolute atomic E-state index is 12.3. The summed E-state index contributed by atoms with van der Waals surface area (Å²) in [5.74, 6) is -0.246. The number of esters is 1. The number of nitrogens with zero attached hydrogens (tertiary/aromatic N) is 1. The van der Waals surface area contributed by atoms with E-state index in [0.717, 1.165) is 16.7 Å². The van der Waals surface area contributed by atoms with Crippen LogP contribution in [0.3, 0.4) is 0 Å². The molecule has 2 amide bonds. The molecule has 2 aromatic rings. The molecule has 0 atom stereocenters. The summed E-state index contributed by atoms with van der Waals surface area (Å²) in [4.78, 5) is 36.9. The molecule has 1 aliphatic heterocycles. The van der Waals surface area contributed by atoms with Crippen LogP contribution in [0, 0.1) is 0 Å². The van der Waals surface area contributed by atoms with Gasteiger partial charge in [-0.25, -0.2) is 4.79 Å². The van der Waals surface area contributed by atoms with Gasteiger partial charge in [0, 0.05) is 6.08 Å². The standard InChI is InChI=1S/C15H11NO6S/c1-20-14(18)11-5-4-10(22-11)8-16-13(17)12(23-15(16)19)7-9-3-2-6-21-9/h2-7H,8H2,1H3/b12-7+. The van der Waals surface area contributed by atoms with Crippen molar-refractivity contribution in [2.75, 3.05) is 7.11 Å². The van der Waals surface area contributed by atoms with E-state index < -0.39 is 17.1 Å². The first-order chi connectivity index (χ1) is 11.1. The average molecular weight is 333 g/mol. The summed E-state index contributed by atoms with van der Waals surface area (Å²) in [6.45, 7) is -0.0584. The molecule has 1 saturated heterocycles. The van der Waals surface area contributed by atoms with Gasteiger partial charge in [0.1, 0.15) is 11.5 Å². The van der Waals surface area contributed by atoms with Gasteiger partial charge < -0.3 is 13.6 Å². The van der Waals surface area contributed by atoms with Crippen molar-refractivity contribution in [1.82, 2.24) is 4.90 Å². The van der Waals surface area contributed by atoms with Crippen molar-refractivity contribution in [3.8, 4) is 0 Å². The monoisotopic (exact) mass is 333 g/mol. The first kappa shape index (κ1) is 15.2. The fourth-order valence-electron chi connectivity index (χ4n) is 1.97. The van der Waals surface area contributed by atoms with E-state index in [2.05, 4.69) is 4.74 Å². The molecule has 0 aliphatic carbocycles. The number of carbonyl (C=O) groups excluding carboxylic acids is 3. The van der Waals surface area contributed by atoms with Crippen LogP contribution in [-0.2, 0) is 16.1 Å². The van der Waals surface area contributed by atoms with Crippen molar-refractivity contribution in [2.45, 2.75) is 6.54 Å². The van der Waals surface area contributed by atoms with Gasteiger partial charge in [0.05, 0.1) is 24.8 Å². The fourth-order valence-corrected chi connectivity index (χ4v) is 2.79. The lowest BCUT2D eigenvalue weighted by molar-refractivity contribution is -0.123. The number of hydrogen-bond acceptors (Lipinski definition) is 7. The Morgan fingerprint density at radius 3 is 2.87 bits per heavy atom. The van der Waals surface area contributed by atoms with Gasteiger partial charge in [0.2, 0.25) is 5.76 Å². The van der Waals surface area contributed by atoms with Gasteiger partial charge in [-0.2, -0.15) is 0 Å². The van der Waals surface area contributed by atoms with Gasteiger partial charge in [-0.05, 0) is 36.0 Å². The van der Waals surface area contributed by atoms with E-state index in [1.165, 1.54) is 31.6 Å². The summed E-state index contributed by atoms with van der Waals surface area (Å²) in [6.07, 6.45) is 2.99. The molecule has 0 saturated carbocycles. The summed E-state index contributed by atoms with van der Waals surface area (Å²) < 4.78 is 14.9. The largest absolute Gasteiger partial charge is 0.465 e. The van der Waals surface area contributed by atoms with Crippen LogP contribution in [0.1, 0.15) is 22.1 Å². The average Bonchev–Trinajstić information content (AvgIpc) is 3.26. The van der Waals surface area contributed by atoms with E-state index in [1.54, 1.807) is 12.1 Å². The minimum atomic E-state index is -0.622. The van der Waals surface area contributed by atoms with Crippen molar-refractivity contribution < 1.29 is 28.0 Å². The Kier molecular flexibility index (Phi) is 4.07. The number of hydrogen-bond donors (Lipinski definition) is 0. The second-order valence-electron chi connectivity index (χ2n) is 4.54. The van der Waals surface area contributed by atoms with Crippen molar-refractivity contribution in [3.05, 3.63) is 52.7 Å². The van der Waals surface area contributed by atoms with Crippen molar-refractivity contribution >= 4 is 35.0 Å². The normalized spacial score (nSPS) is 16.4. The summed E-state index contributed by atoms with van der Waals surface area (Å²) >= 11 is 0.822. The summed E-state index contributed by atoms with van der Waals surface area (Å²) in [6, 6.07) is 6.32. The quantitative estimate of drug-likeness (QED) is 0.627. The molecule has 23 heavy (non-hydrogen) atoms. The zero-order valence-electron chi connectivity index (χ0n) is 12.0. The lowest BCUT2D eigenvalue weighted by Crippen LogP contribution is -2.27. The highest BCUT2D eigenvalue weighted by molar-refractivity contribution is 8.18. The van der Waals surface area contributed by atoms with E-state index >= 15 is 0 Å². The van der Waals surface area contributed by atoms with Crippen molar-refractivity contribution in [1.29, 1.82) is 0 Å². The van der Waals surface area contributed by atoms with Gasteiger partial charge in [-0.15, -0.1) is 0 Å². The number of furan rings is 2. The number of amides is 2. The highest BCUT2D eigenvalue weighted by Crippen LogP contribution is 2.33. The molecule has 1 aliphatic rings. The van der Waals surface area contributed by atoms with Crippen LogP contribution in [0.4, 0.5) is 4.79 Å². The summed E-state index contributed by atoms with van der Waals surface area (Å²) in [5, 5.41) is -0.413. The topological polar surface area (TPSA) is 90.0 Å². The summed E-state index contributed by atoms with van der Waals surface area (Å²) in [5.41, 5.74) is 0. The molecule has 7 nitrogen and oxygen atoms in total. The Hall–Kier alpha value is -2.74. The lowest BCUT2D eigenvalue weighted by atomic mass is 10.3. The van der Waals surface area contributed by atoms with Gasteiger partial charge in [-0.1, -0.05) is 0 Å². The smallest absolute Gasteiger partial charge is 0.373 e. The Morgan fingerprint density at radius 2 is 2.17 bits per heavy atom. The second-order valence-corrected chi connectivity index (χ2v) is 5.53. The molecule has 0 N–H and O–H groups in total. The van der Waals surface area contributed by atoms with Crippen LogP contribution >= 0.6 is 11.8 Å². The molecule has 118 valence electrons. The number of rotatable bonds is 4. The lowest BCUT2D eigenvalue weighted by Gasteiger charge is -2.09. The number of thioether (sulfide) groups is 1. The Morgan fingerprint density at radius 1 is 1.35 bits per heavy atom. The van der Waals surface area contributed by atoms with Gasteiger partial charge in [0.25, 0.3) is 11.1 Å². The van der Waals surface area contributed by atoms with Crippen LogP contribution in [-0.4, -0.2) is 29.1 Å². The predicted octanol–water partition coefficient (Wildman–Crippen LogP) is 2.90. The molecule has 0 aromatic carbocycles. The molecule has 1 fully saturated rings. The maximum atomic E-state index is 12.3. The highest BCUT2D eigenvalue weighted by atomic mass is 32.2. The fraction of sp³-hybridized carbons (Fsp3) is 0.133. The molecule has 0 radical (unpaired) electrons. The molecular weight excluding hydrogens is 322 g/mol. The minimum absolute atomic E-state index is 0.0144. The molecular formula is C15H11NO6S. The minimum Gasteiger partial charge on any atom is -0.465 e. The molecule has 0 bridgehead atoms. The number of imide groups is 1. The zero-order valence-corrected chi connectivity index (χ0v) is 12.8. The third-order valence-electron chi connectivity index (χ3n) is 3.05. The van der Waals surface area contributed by atoms with E-state index in [1.807, 2.05) is 0 Å². The molecule has 3 rings (SSSR count). The molecule has 3 heterocycles.